The van der Waals surface area contributed by atoms with E-state index in [0.29, 0.717) is 52.9 Å². The molecule has 0 heterocycles. The average Bonchev–Trinajstić information content (AvgIpc) is 3.02. The lowest BCUT2D eigenvalue weighted by Gasteiger charge is -2.36. The molecule has 0 rings (SSSR count). The Bertz CT molecular complexity index is 832. The summed E-state index contributed by atoms with van der Waals surface area (Å²) in [5.41, 5.74) is 0. The highest BCUT2D eigenvalue weighted by molar-refractivity contribution is 6.74. The maximum absolute atomic E-state index is 11.4. The second kappa shape index (κ2) is 27.5. The molecule has 0 radical (unpaired) electrons. The molecule has 0 unspecified atom stereocenters. The number of carbonyl (C=O) groups excluding carboxylic acids is 2. The Morgan fingerprint density at radius 1 is 0.490 bits per heavy atom. The smallest absolute Gasteiger partial charge is 0.335 e. The van der Waals surface area contributed by atoms with Gasteiger partial charge in [-0.15, -0.1) is 0 Å². The highest BCUT2D eigenvalue weighted by Gasteiger charge is 2.37. The molecule has 15 nitrogen and oxygen atoms in total. The summed E-state index contributed by atoms with van der Waals surface area (Å²) in [5, 5.41) is 0.262. The van der Waals surface area contributed by atoms with E-state index in [1.54, 1.807) is 13.8 Å². The third-order valence-electron chi connectivity index (χ3n) is 8.40. The summed E-state index contributed by atoms with van der Waals surface area (Å²) >= 11 is 0. The Morgan fingerprint density at radius 3 is 1.20 bits per heavy atom. The van der Waals surface area contributed by atoms with E-state index in [2.05, 4.69) is 67.7 Å². The van der Waals surface area contributed by atoms with Gasteiger partial charge in [-0.2, -0.15) is 0 Å². The van der Waals surface area contributed by atoms with E-state index < -0.39 is 34.7 Å². The summed E-state index contributed by atoms with van der Waals surface area (Å²) in [6.45, 7) is 28.8. The van der Waals surface area contributed by atoms with E-state index in [-0.39, 0.29) is 69.0 Å². The van der Waals surface area contributed by atoms with Crippen LogP contribution in [0.5, 0.6) is 0 Å². The highest BCUT2D eigenvalue weighted by atomic mass is 28.4. The number of hydrogen-bond donors (Lipinski definition) is 0. The van der Waals surface area contributed by atoms with Gasteiger partial charge in [-0.25, -0.2) is 29.1 Å². The minimum Gasteiger partial charge on any atom is -0.464 e. The van der Waals surface area contributed by atoms with Crippen LogP contribution in [-0.4, -0.2) is 146 Å². The van der Waals surface area contributed by atoms with Gasteiger partial charge in [0.05, 0.1) is 79.3 Å². The largest absolute Gasteiger partial charge is 0.464 e. The Kier molecular flexibility index (Phi) is 26.9. The van der Waals surface area contributed by atoms with Gasteiger partial charge in [0.1, 0.15) is 25.4 Å². The normalized spacial score (nSPS) is 13.0. The average molecular weight is 775 g/mol. The molecule has 0 aromatic carbocycles. The van der Waals surface area contributed by atoms with Gasteiger partial charge in [-0.05, 0) is 50.1 Å². The van der Waals surface area contributed by atoms with Crippen LogP contribution in [0.1, 0.15) is 55.4 Å². The van der Waals surface area contributed by atoms with Crippen molar-refractivity contribution >= 4 is 28.6 Å². The molecule has 0 aliphatic heterocycles. The summed E-state index contributed by atoms with van der Waals surface area (Å²) in [7, 11) is -3.70. The van der Waals surface area contributed by atoms with Crippen molar-refractivity contribution in [3.8, 4) is 0 Å². The number of rotatable bonds is 32. The zero-order valence-corrected chi connectivity index (χ0v) is 35.6. The van der Waals surface area contributed by atoms with Crippen LogP contribution < -0.4 is 0 Å². The monoisotopic (exact) mass is 774 g/mol. The van der Waals surface area contributed by atoms with Crippen molar-refractivity contribution in [2.24, 2.45) is 0 Å². The fourth-order valence-electron chi connectivity index (χ4n) is 3.35. The Morgan fingerprint density at radius 2 is 0.843 bits per heavy atom. The molecule has 0 aliphatic rings. The Labute approximate surface area is 308 Å². The van der Waals surface area contributed by atoms with Crippen molar-refractivity contribution < 1.29 is 71.1 Å². The molecular weight excluding hydrogens is 705 g/mol. The second-order valence-electron chi connectivity index (χ2n) is 14.7. The molecular formula is C34H70O15Si2. The summed E-state index contributed by atoms with van der Waals surface area (Å²) < 4.78 is 51.4. The molecule has 0 N–H and O–H groups in total. The zero-order chi connectivity index (χ0) is 38.8. The number of ether oxygens (including phenoxy) is 7. The van der Waals surface area contributed by atoms with Crippen LogP contribution in [0.3, 0.4) is 0 Å². The molecule has 0 aliphatic carbocycles. The van der Waals surface area contributed by atoms with E-state index in [1.165, 1.54) is 0 Å². The highest BCUT2D eigenvalue weighted by Crippen LogP contribution is 2.37. The molecule has 0 bridgehead atoms. The van der Waals surface area contributed by atoms with Crippen molar-refractivity contribution in [1.82, 2.24) is 0 Å². The van der Waals surface area contributed by atoms with Crippen LogP contribution in [0.25, 0.3) is 0 Å². The first kappa shape index (κ1) is 49.9. The molecule has 0 saturated carbocycles. The van der Waals surface area contributed by atoms with Crippen molar-refractivity contribution in [1.29, 1.82) is 0 Å². The molecule has 0 spiro atoms. The molecule has 17 heteroatoms. The first-order valence-corrected chi connectivity index (χ1v) is 23.7. The Balaban J connectivity index is 4.72. The van der Waals surface area contributed by atoms with Crippen LogP contribution >= 0.6 is 0 Å². The molecule has 0 amide bonds. The van der Waals surface area contributed by atoms with Crippen molar-refractivity contribution in [2.45, 2.75) is 104 Å². The summed E-state index contributed by atoms with van der Waals surface area (Å²) in [6.07, 6.45) is -0.956. The van der Waals surface area contributed by atoms with Gasteiger partial charge >= 0.3 is 11.9 Å². The van der Waals surface area contributed by atoms with Crippen LogP contribution in [0.15, 0.2) is 0 Å². The van der Waals surface area contributed by atoms with Gasteiger partial charge in [-0.1, -0.05) is 41.5 Å². The maximum atomic E-state index is 11.4. The fourth-order valence-corrected chi connectivity index (χ4v) is 5.40. The lowest BCUT2D eigenvalue weighted by atomic mass is 10.2. The van der Waals surface area contributed by atoms with Gasteiger partial charge in [0, 0.05) is 0 Å². The molecule has 0 fully saturated rings. The van der Waals surface area contributed by atoms with Crippen LogP contribution in [0, 0.1) is 0 Å². The van der Waals surface area contributed by atoms with Crippen LogP contribution in [0.4, 0.5) is 0 Å². The summed E-state index contributed by atoms with van der Waals surface area (Å²) in [6, 6.07) is 0. The lowest BCUT2D eigenvalue weighted by molar-refractivity contribution is -0.332. The minimum atomic E-state index is -1.85. The standard InChI is InChI=1S/C34H70O15Si2/c1-13-40-31(35)27-46-44-25-30(26-45-47-28-32(36)41-14-2)43-20-16-37-15-19-42-29(23-38-17-21-48-50(9,10)33(3,4)5)24-39-18-22-49-51(11,12)34(6,7)8/h29-30H,13-28H2,1-12H3. The molecule has 0 saturated heterocycles. The third kappa shape index (κ3) is 25.6. The molecule has 0 atom stereocenters. The van der Waals surface area contributed by atoms with E-state index in [0.717, 1.165) is 0 Å². The predicted octanol–water partition coefficient (Wildman–Crippen LogP) is 4.87. The molecule has 0 aromatic heterocycles. The third-order valence-corrected chi connectivity index (χ3v) is 17.5. The predicted molar refractivity (Wildman–Crippen MR) is 195 cm³/mol. The zero-order valence-electron chi connectivity index (χ0n) is 33.6. The molecule has 304 valence electrons. The van der Waals surface area contributed by atoms with Gasteiger partial charge in [0.15, 0.2) is 29.8 Å². The number of carbonyl (C=O) groups is 2. The van der Waals surface area contributed by atoms with Crippen molar-refractivity contribution in [3.63, 3.8) is 0 Å². The van der Waals surface area contributed by atoms with Gasteiger partial charge in [-0.3, -0.25) is 0 Å². The first-order valence-electron chi connectivity index (χ1n) is 17.9. The Hall–Kier alpha value is -1.07. The van der Waals surface area contributed by atoms with Crippen LogP contribution in [0.2, 0.25) is 36.3 Å². The summed E-state index contributed by atoms with van der Waals surface area (Å²) in [4.78, 5) is 42.7. The quantitative estimate of drug-likeness (QED) is 0.0300. The minimum absolute atomic E-state index is 0.0885. The van der Waals surface area contributed by atoms with E-state index in [4.69, 9.17) is 61.6 Å². The van der Waals surface area contributed by atoms with Crippen molar-refractivity contribution in [2.75, 3.05) is 106 Å². The SMILES string of the molecule is CCOC(=O)COOCC(COOCC(=O)OCC)OCCOCCOC(COCCO[Si](C)(C)C(C)(C)C)COCCO[Si](C)(C)C(C)(C)C. The van der Waals surface area contributed by atoms with Gasteiger partial charge in [0.25, 0.3) is 0 Å². The van der Waals surface area contributed by atoms with Crippen molar-refractivity contribution in [3.05, 3.63) is 0 Å². The topological polar surface area (TPSA) is 154 Å². The number of esters is 2. The van der Waals surface area contributed by atoms with E-state index in [9.17, 15) is 9.59 Å². The van der Waals surface area contributed by atoms with Gasteiger partial charge < -0.3 is 42.0 Å². The molecule has 51 heavy (non-hydrogen) atoms. The lowest BCUT2D eigenvalue weighted by Crippen LogP contribution is -2.42. The van der Waals surface area contributed by atoms with Crippen LogP contribution in [-0.2, 0) is 71.1 Å². The molecule has 0 aromatic rings. The van der Waals surface area contributed by atoms with E-state index in [1.807, 2.05) is 0 Å². The first-order chi connectivity index (χ1) is 23.9. The summed E-state index contributed by atoms with van der Waals surface area (Å²) in [5.74, 6) is -1.13. The van der Waals surface area contributed by atoms with E-state index >= 15 is 0 Å². The second-order valence-corrected chi connectivity index (χ2v) is 24.3. The fraction of sp³-hybridized carbons (Fsp3) is 0.941. The van der Waals surface area contributed by atoms with Gasteiger partial charge in [0.2, 0.25) is 0 Å². The number of hydrogen-bond acceptors (Lipinski definition) is 15. The maximum Gasteiger partial charge on any atom is 0.335 e.